The number of Topliss-reactive ketones (excluding diaryl/α,β-unsaturated/α-hetero) is 1. The lowest BCUT2D eigenvalue weighted by molar-refractivity contribution is -0.132. The number of nitrogens with zero attached hydrogens (tertiary/aromatic N) is 1. The number of rotatable bonds is 5. The Bertz CT molecular complexity index is 1470. The summed E-state index contributed by atoms with van der Waals surface area (Å²) < 4.78 is 25.2. The molecule has 1 fully saturated rings. The second-order valence-corrected chi connectivity index (χ2v) is 9.29. The Morgan fingerprint density at radius 1 is 1.16 bits per heavy atom. The third-order valence-corrected chi connectivity index (χ3v) is 6.68. The molecular formula is C28H23ClFNO6. The standard InChI is InChI=1S/C28H23ClFNO6/c1-3-36-23-12-15(4-8-21(23)32)25-24(26(33)16-5-9-22-17(11-16)10-14(2)37-22)27(34)28(35)31(25)18-6-7-20(30)19(29)13-18/h4-9,11-14,25,32-33H,3,10H2,1-2H3/b26-24+. The molecule has 0 aromatic heterocycles. The van der Waals surface area contributed by atoms with Gasteiger partial charge in [0.05, 0.1) is 23.2 Å². The van der Waals surface area contributed by atoms with Crippen molar-refractivity contribution in [3.8, 4) is 17.2 Å². The van der Waals surface area contributed by atoms with Gasteiger partial charge in [-0.05, 0) is 73.5 Å². The Kier molecular flexibility index (Phi) is 6.29. The van der Waals surface area contributed by atoms with Crippen LogP contribution >= 0.6 is 11.6 Å². The average Bonchev–Trinajstić information content (AvgIpc) is 3.37. The first-order valence-corrected chi connectivity index (χ1v) is 12.1. The van der Waals surface area contributed by atoms with Crippen LogP contribution < -0.4 is 14.4 Å². The third-order valence-electron chi connectivity index (χ3n) is 6.39. The van der Waals surface area contributed by atoms with Crippen molar-refractivity contribution < 1.29 is 33.7 Å². The lowest BCUT2D eigenvalue weighted by Crippen LogP contribution is -2.29. The lowest BCUT2D eigenvalue weighted by Gasteiger charge is -2.26. The normalized spacial score (nSPS) is 20.2. The zero-order valence-electron chi connectivity index (χ0n) is 20.0. The number of aliphatic hydroxyl groups excluding tert-OH is 1. The van der Waals surface area contributed by atoms with Crippen LogP contribution in [-0.4, -0.2) is 34.6 Å². The van der Waals surface area contributed by atoms with E-state index in [2.05, 4.69) is 0 Å². The Labute approximate surface area is 217 Å². The van der Waals surface area contributed by atoms with Gasteiger partial charge in [-0.3, -0.25) is 14.5 Å². The molecule has 0 radical (unpaired) electrons. The van der Waals surface area contributed by atoms with Crippen LogP contribution in [0.5, 0.6) is 17.2 Å². The molecule has 1 amide bonds. The molecule has 3 aromatic carbocycles. The number of fused-ring (bicyclic) bond motifs is 1. The number of carbonyl (C=O) groups is 2. The maximum Gasteiger partial charge on any atom is 0.300 e. The second-order valence-electron chi connectivity index (χ2n) is 8.88. The highest BCUT2D eigenvalue weighted by Crippen LogP contribution is 2.45. The molecule has 190 valence electrons. The summed E-state index contributed by atoms with van der Waals surface area (Å²) in [6.07, 6.45) is 0.619. The number of phenols is 1. The zero-order chi connectivity index (χ0) is 26.4. The van der Waals surface area contributed by atoms with Crippen LogP contribution in [0.1, 0.15) is 36.6 Å². The number of ketones is 1. The van der Waals surface area contributed by atoms with Crippen molar-refractivity contribution >= 4 is 34.7 Å². The Morgan fingerprint density at radius 2 is 1.95 bits per heavy atom. The molecule has 37 heavy (non-hydrogen) atoms. The minimum atomic E-state index is -1.11. The van der Waals surface area contributed by atoms with Crippen molar-refractivity contribution in [3.05, 3.63) is 87.7 Å². The SMILES string of the molecule is CCOc1cc(C2/C(=C(\O)c3ccc4c(c3)CC(C)O4)C(=O)C(=O)N2c2ccc(F)c(Cl)c2)ccc1O. The molecule has 5 rings (SSSR count). The maximum atomic E-state index is 13.9. The highest BCUT2D eigenvalue weighted by atomic mass is 35.5. The number of phenolic OH excluding ortho intramolecular Hbond substituents is 1. The number of carbonyl (C=O) groups excluding carboxylic acids is 2. The molecule has 2 aliphatic heterocycles. The molecule has 2 unspecified atom stereocenters. The first kappa shape index (κ1) is 24.6. The summed E-state index contributed by atoms with van der Waals surface area (Å²) in [7, 11) is 0. The number of hydrogen-bond donors (Lipinski definition) is 2. The largest absolute Gasteiger partial charge is 0.507 e. The highest BCUT2D eigenvalue weighted by molar-refractivity contribution is 6.51. The van der Waals surface area contributed by atoms with Gasteiger partial charge in [0.1, 0.15) is 23.4 Å². The van der Waals surface area contributed by atoms with Gasteiger partial charge in [-0.25, -0.2) is 4.39 Å². The van der Waals surface area contributed by atoms with Gasteiger partial charge in [-0.15, -0.1) is 0 Å². The molecule has 7 nitrogen and oxygen atoms in total. The van der Waals surface area contributed by atoms with Crippen LogP contribution in [0.15, 0.2) is 60.2 Å². The van der Waals surface area contributed by atoms with Gasteiger partial charge >= 0.3 is 0 Å². The summed E-state index contributed by atoms with van der Waals surface area (Å²) in [5, 5.41) is 21.4. The number of benzene rings is 3. The monoisotopic (exact) mass is 523 g/mol. The summed E-state index contributed by atoms with van der Waals surface area (Å²) in [5.41, 5.74) is 1.61. The molecule has 0 saturated carbocycles. The number of hydrogen-bond acceptors (Lipinski definition) is 6. The minimum absolute atomic E-state index is 0.0183. The summed E-state index contributed by atoms with van der Waals surface area (Å²) in [4.78, 5) is 27.9. The summed E-state index contributed by atoms with van der Waals surface area (Å²) in [6.45, 7) is 3.94. The zero-order valence-corrected chi connectivity index (χ0v) is 20.8. The fraction of sp³-hybridized carbons (Fsp3) is 0.214. The Morgan fingerprint density at radius 3 is 2.68 bits per heavy atom. The lowest BCUT2D eigenvalue weighted by atomic mass is 9.94. The molecule has 9 heteroatoms. The third kappa shape index (κ3) is 4.27. The summed E-state index contributed by atoms with van der Waals surface area (Å²) >= 11 is 5.99. The quantitative estimate of drug-likeness (QED) is 0.259. The maximum absolute atomic E-state index is 13.9. The molecule has 0 bridgehead atoms. The summed E-state index contributed by atoms with van der Waals surface area (Å²) in [5.74, 6) is -2.17. The van der Waals surface area contributed by atoms with E-state index in [-0.39, 0.29) is 46.3 Å². The second kappa shape index (κ2) is 9.44. The van der Waals surface area contributed by atoms with E-state index in [9.17, 15) is 24.2 Å². The number of halogens is 2. The molecule has 0 aliphatic carbocycles. The number of amides is 1. The van der Waals surface area contributed by atoms with Gasteiger partial charge in [0.15, 0.2) is 11.5 Å². The van der Waals surface area contributed by atoms with Gasteiger partial charge in [0.2, 0.25) is 0 Å². The van der Waals surface area contributed by atoms with Crippen LogP contribution in [0.4, 0.5) is 10.1 Å². The topological polar surface area (TPSA) is 96.3 Å². The van der Waals surface area contributed by atoms with Crippen molar-refractivity contribution in [1.29, 1.82) is 0 Å². The van der Waals surface area contributed by atoms with E-state index < -0.39 is 23.5 Å². The first-order chi connectivity index (χ1) is 17.7. The van der Waals surface area contributed by atoms with Crippen molar-refractivity contribution in [2.24, 2.45) is 0 Å². The molecule has 1 saturated heterocycles. The van der Waals surface area contributed by atoms with E-state index in [0.29, 0.717) is 23.3 Å². The molecule has 2 aliphatic rings. The van der Waals surface area contributed by atoms with Gasteiger partial charge in [0, 0.05) is 17.7 Å². The van der Waals surface area contributed by atoms with Crippen molar-refractivity contribution in [2.75, 3.05) is 11.5 Å². The van der Waals surface area contributed by atoms with E-state index in [1.807, 2.05) is 6.92 Å². The van der Waals surface area contributed by atoms with Crippen LogP contribution in [0, 0.1) is 5.82 Å². The predicted octanol–water partition coefficient (Wildman–Crippen LogP) is 5.53. The van der Waals surface area contributed by atoms with Gasteiger partial charge in [-0.2, -0.15) is 0 Å². The van der Waals surface area contributed by atoms with Crippen LogP contribution in [0.2, 0.25) is 5.02 Å². The fourth-order valence-electron chi connectivity index (χ4n) is 4.75. The van der Waals surface area contributed by atoms with Gasteiger partial charge < -0.3 is 19.7 Å². The summed E-state index contributed by atoms with van der Waals surface area (Å²) in [6, 6.07) is 12.0. The molecular weight excluding hydrogens is 501 g/mol. The van der Waals surface area contributed by atoms with Crippen molar-refractivity contribution in [1.82, 2.24) is 0 Å². The molecule has 3 aromatic rings. The van der Waals surface area contributed by atoms with E-state index in [1.165, 1.54) is 30.3 Å². The number of ether oxygens (including phenoxy) is 2. The van der Waals surface area contributed by atoms with Crippen molar-refractivity contribution in [2.45, 2.75) is 32.4 Å². The van der Waals surface area contributed by atoms with Gasteiger partial charge in [0.25, 0.3) is 11.7 Å². The number of aromatic hydroxyl groups is 1. The van der Waals surface area contributed by atoms with E-state index in [0.717, 1.165) is 16.5 Å². The van der Waals surface area contributed by atoms with Crippen molar-refractivity contribution in [3.63, 3.8) is 0 Å². The number of anilines is 1. The average molecular weight is 524 g/mol. The molecule has 0 spiro atoms. The fourth-order valence-corrected chi connectivity index (χ4v) is 4.92. The first-order valence-electron chi connectivity index (χ1n) is 11.7. The van der Waals surface area contributed by atoms with E-state index >= 15 is 0 Å². The van der Waals surface area contributed by atoms with Crippen LogP contribution in [-0.2, 0) is 16.0 Å². The Balaban J connectivity index is 1.71. The molecule has 2 atom stereocenters. The van der Waals surface area contributed by atoms with E-state index in [1.54, 1.807) is 25.1 Å². The van der Waals surface area contributed by atoms with E-state index in [4.69, 9.17) is 21.1 Å². The number of aliphatic hydroxyl groups is 1. The van der Waals surface area contributed by atoms with Gasteiger partial charge in [-0.1, -0.05) is 17.7 Å². The minimum Gasteiger partial charge on any atom is -0.507 e. The molecule has 2 N–H and O–H groups in total. The van der Waals surface area contributed by atoms with Crippen LogP contribution in [0.3, 0.4) is 0 Å². The smallest absolute Gasteiger partial charge is 0.300 e. The highest BCUT2D eigenvalue weighted by Gasteiger charge is 2.47. The molecule has 2 heterocycles. The van der Waals surface area contributed by atoms with Crippen LogP contribution in [0.25, 0.3) is 5.76 Å². The predicted molar refractivity (Wildman–Crippen MR) is 136 cm³/mol. The Hall–Kier alpha value is -4.04.